The van der Waals surface area contributed by atoms with Crippen LogP contribution < -0.4 is 5.43 Å². The molecule has 0 fully saturated rings. The summed E-state index contributed by atoms with van der Waals surface area (Å²) in [6.07, 6.45) is 0. The van der Waals surface area contributed by atoms with Crippen molar-refractivity contribution in [3.63, 3.8) is 0 Å². The number of rotatable bonds is 2. The fourth-order valence-electron chi connectivity index (χ4n) is 0.681. The minimum Gasteiger partial charge on any atom is -0.242 e. The van der Waals surface area contributed by atoms with Crippen LogP contribution in [0.2, 0.25) is 0 Å². The molecule has 0 amide bonds. The summed E-state index contributed by atoms with van der Waals surface area (Å²) in [5, 5.41) is 2.54. The first-order valence-corrected chi connectivity index (χ1v) is 2.98. The number of hydrogen-bond donors (Lipinski definition) is 1. The van der Waals surface area contributed by atoms with Gasteiger partial charge in [0, 0.05) is 0 Å². The van der Waals surface area contributed by atoms with Crippen molar-refractivity contribution in [1.82, 2.24) is 0 Å². The lowest BCUT2D eigenvalue weighted by molar-refractivity contribution is 1.31. The Kier molecular flexibility index (Phi) is 1.99. The lowest BCUT2D eigenvalue weighted by atomic mass is 10.2. The summed E-state index contributed by atoms with van der Waals surface area (Å²) >= 11 is 0. The Morgan fingerprint density at radius 1 is 1.30 bits per heavy atom. The Morgan fingerprint density at radius 3 is 2.40 bits per heavy atom. The highest BCUT2D eigenvalue weighted by molar-refractivity contribution is 5.43. The van der Waals surface area contributed by atoms with Crippen LogP contribution in [0.1, 0.15) is 5.56 Å². The molecule has 0 aliphatic heterocycles. The van der Waals surface area contributed by atoms with Gasteiger partial charge in [0.2, 0.25) is 0 Å². The van der Waals surface area contributed by atoms with E-state index < -0.39 is 0 Å². The molecule has 0 saturated heterocycles. The molecule has 3 heteroatoms. The third kappa shape index (κ3) is 1.55. The van der Waals surface area contributed by atoms with Gasteiger partial charge in [0.1, 0.15) is 0 Å². The minimum atomic E-state index is 0.723. The summed E-state index contributed by atoms with van der Waals surface area (Å²) in [5.74, 6) is 0. The zero-order valence-corrected chi connectivity index (χ0v) is 5.66. The number of hydrogen-bond acceptors (Lipinski definition) is 2. The molecule has 1 aromatic carbocycles. The van der Waals surface area contributed by atoms with Crippen LogP contribution in [0.25, 0.3) is 0 Å². The van der Waals surface area contributed by atoms with Gasteiger partial charge in [0.25, 0.3) is 0 Å². The molecule has 0 unspecified atom stereocenters. The van der Waals surface area contributed by atoms with E-state index in [2.05, 4.69) is 10.7 Å². The van der Waals surface area contributed by atoms with E-state index in [0.717, 1.165) is 11.3 Å². The molecule has 0 heterocycles. The van der Waals surface area contributed by atoms with Crippen molar-refractivity contribution < 1.29 is 0 Å². The highest BCUT2D eigenvalue weighted by Crippen LogP contribution is 2.07. The molecule has 0 atom stereocenters. The summed E-state index contributed by atoms with van der Waals surface area (Å²) < 4.78 is 0. The summed E-state index contributed by atoms with van der Waals surface area (Å²) in [7, 11) is 0. The highest BCUT2D eigenvalue weighted by Gasteiger charge is 1.87. The maximum absolute atomic E-state index is 9.70. The van der Waals surface area contributed by atoms with Crippen molar-refractivity contribution in [3.8, 4) is 0 Å². The maximum atomic E-state index is 9.70. The first-order chi connectivity index (χ1) is 4.83. The van der Waals surface area contributed by atoms with E-state index in [1.807, 2.05) is 19.1 Å². The van der Waals surface area contributed by atoms with E-state index >= 15 is 0 Å². The zero-order chi connectivity index (χ0) is 7.40. The molecule has 1 rings (SSSR count). The normalized spacial score (nSPS) is 8.90. The van der Waals surface area contributed by atoms with E-state index in [0.29, 0.717) is 0 Å². The topological polar surface area (TPSA) is 41.5 Å². The summed E-state index contributed by atoms with van der Waals surface area (Å²) in [6.45, 7) is 1.98. The number of anilines is 1. The predicted octanol–water partition coefficient (Wildman–Crippen LogP) is 2.09. The monoisotopic (exact) mass is 136 g/mol. The quantitative estimate of drug-likeness (QED) is 0.499. The van der Waals surface area contributed by atoms with Gasteiger partial charge in [-0.25, -0.2) is 5.43 Å². The van der Waals surface area contributed by atoms with Crippen molar-refractivity contribution >= 4 is 5.69 Å². The van der Waals surface area contributed by atoms with Crippen LogP contribution in [0.5, 0.6) is 0 Å². The summed E-state index contributed by atoms with van der Waals surface area (Å²) in [6, 6.07) is 7.43. The van der Waals surface area contributed by atoms with Crippen LogP contribution in [0.15, 0.2) is 29.6 Å². The lowest BCUT2D eigenvalue weighted by Crippen LogP contribution is -1.84. The zero-order valence-electron chi connectivity index (χ0n) is 5.66. The first kappa shape index (κ1) is 6.74. The average Bonchev–Trinajstić information content (AvgIpc) is 1.95. The number of aryl methyl sites for hydroxylation is 1. The van der Waals surface area contributed by atoms with E-state index in [1.54, 1.807) is 12.1 Å². The smallest absolute Gasteiger partial charge is 0.0594 e. The van der Waals surface area contributed by atoms with Crippen LogP contribution in [0, 0.1) is 11.8 Å². The fraction of sp³-hybridized carbons (Fsp3) is 0.143. The third-order valence-electron chi connectivity index (χ3n) is 1.23. The van der Waals surface area contributed by atoms with Gasteiger partial charge in [0.15, 0.2) is 0 Å². The van der Waals surface area contributed by atoms with Crippen LogP contribution in [0.3, 0.4) is 0 Å². The maximum Gasteiger partial charge on any atom is 0.0594 e. The molecule has 0 aromatic heterocycles. The van der Waals surface area contributed by atoms with Crippen LogP contribution in [-0.2, 0) is 0 Å². The molecule has 1 N–H and O–H groups in total. The van der Waals surface area contributed by atoms with Gasteiger partial charge in [-0.2, -0.15) is 0 Å². The molecule has 0 saturated carbocycles. The minimum absolute atomic E-state index is 0.723. The van der Waals surface area contributed by atoms with E-state index in [9.17, 15) is 4.91 Å². The SMILES string of the molecule is Cc1ccc(NN=O)cc1. The third-order valence-corrected chi connectivity index (χ3v) is 1.23. The lowest BCUT2D eigenvalue weighted by Gasteiger charge is -1.95. The van der Waals surface area contributed by atoms with Gasteiger partial charge in [-0.3, -0.25) is 0 Å². The molecule has 1 aromatic rings. The fourth-order valence-corrected chi connectivity index (χ4v) is 0.681. The van der Waals surface area contributed by atoms with Gasteiger partial charge in [0.05, 0.1) is 11.0 Å². The molecule has 0 aliphatic carbocycles. The van der Waals surface area contributed by atoms with Crippen molar-refractivity contribution in [2.24, 2.45) is 5.29 Å². The van der Waals surface area contributed by atoms with Gasteiger partial charge >= 0.3 is 0 Å². The number of benzene rings is 1. The molecule has 52 valence electrons. The second kappa shape index (κ2) is 2.96. The Morgan fingerprint density at radius 2 is 1.90 bits per heavy atom. The Balaban J connectivity index is 2.78. The molecular formula is C7H8N2O. The largest absolute Gasteiger partial charge is 0.242 e. The number of nitrogens with zero attached hydrogens (tertiary/aromatic N) is 1. The van der Waals surface area contributed by atoms with Crippen molar-refractivity contribution in [3.05, 3.63) is 34.7 Å². The molecule has 0 aliphatic rings. The second-order valence-electron chi connectivity index (χ2n) is 2.07. The van der Waals surface area contributed by atoms with E-state index in [-0.39, 0.29) is 0 Å². The van der Waals surface area contributed by atoms with Gasteiger partial charge in [-0.15, -0.1) is 4.91 Å². The first-order valence-electron chi connectivity index (χ1n) is 2.98. The van der Waals surface area contributed by atoms with Crippen LogP contribution in [-0.4, -0.2) is 0 Å². The van der Waals surface area contributed by atoms with Crippen molar-refractivity contribution in [2.45, 2.75) is 6.92 Å². The molecule has 0 spiro atoms. The number of nitrogens with one attached hydrogen (secondary N) is 1. The standard InChI is InChI=1S/C7H8N2O/c1-6-2-4-7(5-3-6)8-9-10/h2-5H,1H3,(H,8,10). The Labute approximate surface area is 59.0 Å². The molecular weight excluding hydrogens is 128 g/mol. The molecule has 3 nitrogen and oxygen atoms in total. The van der Waals surface area contributed by atoms with Gasteiger partial charge in [-0.05, 0) is 19.1 Å². The van der Waals surface area contributed by atoms with Crippen molar-refractivity contribution in [1.29, 1.82) is 0 Å². The Bertz CT molecular complexity index is 218. The summed E-state index contributed by atoms with van der Waals surface area (Å²) in [4.78, 5) is 9.70. The molecule has 0 radical (unpaired) electrons. The second-order valence-corrected chi connectivity index (χ2v) is 2.07. The van der Waals surface area contributed by atoms with Gasteiger partial charge in [-0.1, -0.05) is 17.7 Å². The van der Waals surface area contributed by atoms with Gasteiger partial charge < -0.3 is 0 Å². The van der Waals surface area contributed by atoms with Crippen LogP contribution in [0.4, 0.5) is 5.69 Å². The molecule has 10 heavy (non-hydrogen) atoms. The van der Waals surface area contributed by atoms with E-state index in [4.69, 9.17) is 0 Å². The Hall–Kier alpha value is -1.38. The summed E-state index contributed by atoms with van der Waals surface area (Å²) in [5.41, 5.74) is 4.19. The van der Waals surface area contributed by atoms with E-state index in [1.165, 1.54) is 0 Å². The van der Waals surface area contributed by atoms with Crippen LogP contribution >= 0.6 is 0 Å². The number of nitroso groups, excluding NO2 is 1. The molecule has 0 bridgehead atoms. The average molecular weight is 136 g/mol. The highest BCUT2D eigenvalue weighted by atomic mass is 16.3. The predicted molar refractivity (Wildman–Crippen MR) is 40.6 cm³/mol. The van der Waals surface area contributed by atoms with Crippen molar-refractivity contribution in [2.75, 3.05) is 5.43 Å².